The maximum Gasteiger partial charge on any atom is 0.0349 e. The summed E-state index contributed by atoms with van der Waals surface area (Å²) in [6.07, 6.45) is 4.19. The Bertz CT molecular complexity index is 159. The molecule has 0 aromatic rings. The van der Waals surface area contributed by atoms with Crippen LogP contribution in [0.1, 0.15) is 33.1 Å². The third-order valence-electron chi connectivity index (χ3n) is 3.50. The third-order valence-corrected chi connectivity index (χ3v) is 3.50. The van der Waals surface area contributed by atoms with Gasteiger partial charge in [0.25, 0.3) is 0 Å². The van der Waals surface area contributed by atoms with Crippen LogP contribution in [0.4, 0.5) is 0 Å². The van der Waals surface area contributed by atoms with E-state index in [0.29, 0.717) is 5.54 Å². The molecule has 2 fully saturated rings. The summed E-state index contributed by atoms with van der Waals surface area (Å²) in [5.74, 6) is 0. The number of likely N-dealkylation sites (tertiary alicyclic amines) is 1. The van der Waals surface area contributed by atoms with E-state index in [0.717, 1.165) is 6.04 Å². The Kier molecular flexibility index (Phi) is 2.13. The van der Waals surface area contributed by atoms with E-state index in [1.807, 2.05) is 0 Å². The molecule has 0 amide bonds. The topological polar surface area (TPSA) is 15.3 Å². The van der Waals surface area contributed by atoms with Gasteiger partial charge in [-0.2, -0.15) is 0 Å². The molecular weight excluding hydrogens is 148 g/mol. The molecule has 2 aliphatic heterocycles. The molecule has 1 N–H and O–H groups in total. The smallest absolute Gasteiger partial charge is 0.0349 e. The van der Waals surface area contributed by atoms with Crippen LogP contribution in [0.15, 0.2) is 0 Å². The lowest BCUT2D eigenvalue weighted by Crippen LogP contribution is -2.68. The van der Waals surface area contributed by atoms with Gasteiger partial charge in [-0.3, -0.25) is 4.90 Å². The number of hydrogen-bond donors (Lipinski definition) is 1. The van der Waals surface area contributed by atoms with E-state index in [1.54, 1.807) is 0 Å². The van der Waals surface area contributed by atoms with E-state index in [2.05, 4.69) is 24.1 Å². The van der Waals surface area contributed by atoms with Crippen molar-refractivity contribution in [1.29, 1.82) is 0 Å². The van der Waals surface area contributed by atoms with Gasteiger partial charge in [0.15, 0.2) is 0 Å². The zero-order chi connectivity index (χ0) is 8.60. The highest BCUT2D eigenvalue weighted by atomic mass is 15.3. The molecule has 0 radical (unpaired) electrons. The van der Waals surface area contributed by atoms with E-state index in [-0.39, 0.29) is 0 Å². The van der Waals surface area contributed by atoms with Crippen molar-refractivity contribution in [3.63, 3.8) is 0 Å². The molecule has 0 aromatic carbocycles. The van der Waals surface area contributed by atoms with E-state index in [9.17, 15) is 0 Å². The summed E-state index contributed by atoms with van der Waals surface area (Å²) in [4.78, 5) is 2.67. The molecule has 70 valence electrons. The number of hydrogen-bond acceptors (Lipinski definition) is 2. The highest BCUT2D eigenvalue weighted by Gasteiger charge is 2.45. The maximum atomic E-state index is 3.52. The first-order chi connectivity index (χ1) is 5.75. The lowest BCUT2D eigenvalue weighted by molar-refractivity contribution is -0.0545. The van der Waals surface area contributed by atoms with E-state index >= 15 is 0 Å². The molecule has 0 saturated carbocycles. The van der Waals surface area contributed by atoms with Crippen LogP contribution in [0.25, 0.3) is 0 Å². The third kappa shape index (κ3) is 1.17. The molecule has 2 saturated heterocycles. The van der Waals surface area contributed by atoms with Crippen molar-refractivity contribution in [1.82, 2.24) is 10.2 Å². The van der Waals surface area contributed by atoms with Crippen molar-refractivity contribution in [3.8, 4) is 0 Å². The van der Waals surface area contributed by atoms with Crippen LogP contribution in [-0.2, 0) is 0 Å². The van der Waals surface area contributed by atoms with Crippen molar-refractivity contribution in [2.24, 2.45) is 0 Å². The normalized spacial score (nSPS) is 37.2. The van der Waals surface area contributed by atoms with Crippen LogP contribution < -0.4 is 5.32 Å². The Morgan fingerprint density at radius 3 is 2.58 bits per heavy atom. The molecule has 1 spiro atoms. The standard InChI is InChI=1S/C10H20N2/c1-9(2)12-7-5-10(12)4-3-6-11-8-10/h9,11H,3-8H2,1-2H3. The van der Waals surface area contributed by atoms with E-state index in [4.69, 9.17) is 0 Å². The highest BCUT2D eigenvalue weighted by molar-refractivity contribution is 5.04. The minimum atomic E-state index is 0.562. The molecule has 2 heterocycles. The fourth-order valence-electron chi connectivity index (χ4n) is 2.77. The Hall–Kier alpha value is -0.0800. The van der Waals surface area contributed by atoms with Gasteiger partial charge in [0.05, 0.1) is 0 Å². The zero-order valence-corrected chi connectivity index (χ0v) is 8.27. The fourth-order valence-corrected chi connectivity index (χ4v) is 2.77. The SMILES string of the molecule is CC(C)N1CCC12CCCNC2. The van der Waals surface area contributed by atoms with E-state index in [1.165, 1.54) is 38.9 Å². The Morgan fingerprint density at radius 1 is 1.33 bits per heavy atom. The average Bonchev–Trinajstić information content (AvgIpc) is 2.03. The highest BCUT2D eigenvalue weighted by Crippen LogP contribution is 2.37. The predicted molar refractivity (Wildman–Crippen MR) is 51.3 cm³/mol. The van der Waals surface area contributed by atoms with Gasteiger partial charge >= 0.3 is 0 Å². The van der Waals surface area contributed by atoms with Crippen molar-refractivity contribution in [2.75, 3.05) is 19.6 Å². The molecule has 1 atom stereocenters. The monoisotopic (exact) mass is 168 g/mol. The lowest BCUT2D eigenvalue weighted by Gasteiger charge is -2.57. The van der Waals surface area contributed by atoms with Crippen LogP contribution in [0.5, 0.6) is 0 Å². The summed E-state index contributed by atoms with van der Waals surface area (Å²) in [5, 5.41) is 3.52. The van der Waals surface area contributed by atoms with Gasteiger partial charge in [-0.25, -0.2) is 0 Å². The summed E-state index contributed by atoms with van der Waals surface area (Å²) < 4.78 is 0. The second kappa shape index (κ2) is 3.00. The number of piperidine rings is 1. The summed E-state index contributed by atoms with van der Waals surface area (Å²) in [5.41, 5.74) is 0.562. The summed E-state index contributed by atoms with van der Waals surface area (Å²) in [6.45, 7) is 8.41. The van der Waals surface area contributed by atoms with Gasteiger partial charge in [0, 0.05) is 24.7 Å². The summed E-state index contributed by atoms with van der Waals surface area (Å²) in [7, 11) is 0. The van der Waals surface area contributed by atoms with Crippen molar-refractivity contribution in [3.05, 3.63) is 0 Å². The molecule has 2 nitrogen and oxygen atoms in total. The minimum Gasteiger partial charge on any atom is -0.315 e. The fraction of sp³-hybridized carbons (Fsp3) is 1.00. The van der Waals surface area contributed by atoms with Gasteiger partial charge < -0.3 is 5.32 Å². The van der Waals surface area contributed by atoms with Gasteiger partial charge in [0.2, 0.25) is 0 Å². The first kappa shape index (κ1) is 8.52. The molecule has 2 rings (SSSR count). The Morgan fingerprint density at radius 2 is 2.17 bits per heavy atom. The Balaban J connectivity index is 2.00. The first-order valence-electron chi connectivity index (χ1n) is 5.22. The summed E-state index contributed by atoms with van der Waals surface area (Å²) >= 11 is 0. The van der Waals surface area contributed by atoms with Crippen LogP contribution >= 0.6 is 0 Å². The van der Waals surface area contributed by atoms with Gasteiger partial charge in [-0.1, -0.05) is 0 Å². The molecule has 2 aliphatic rings. The molecule has 0 aromatic heterocycles. The number of rotatable bonds is 1. The Labute approximate surface area is 75.3 Å². The minimum absolute atomic E-state index is 0.562. The first-order valence-corrected chi connectivity index (χ1v) is 5.22. The molecule has 2 heteroatoms. The van der Waals surface area contributed by atoms with Crippen LogP contribution in [0.3, 0.4) is 0 Å². The second-order valence-corrected chi connectivity index (χ2v) is 4.54. The number of nitrogens with zero attached hydrogens (tertiary/aromatic N) is 1. The van der Waals surface area contributed by atoms with Crippen molar-refractivity contribution < 1.29 is 0 Å². The van der Waals surface area contributed by atoms with Crippen molar-refractivity contribution >= 4 is 0 Å². The molecule has 0 bridgehead atoms. The van der Waals surface area contributed by atoms with Gasteiger partial charge in [0.1, 0.15) is 0 Å². The van der Waals surface area contributed by atoms with Gasteiger partial charge in [-0.15, -0.1) is 0 Å². The number of nitrogens with one attached hydrogen (secondary N) is 1. The second-order valence-electron chi connectivity index (χ2n) is 4.54. The largest absolute Gasteiger partial charge is 0.315 e. The molecule has 0 aliphatic carbocycles. The molecular formula is C10H20N2. The van der Waals surface area contributed by atoms with E-state index < -0.39 is 0 Å². The average molecular weight is 168 g/mol. The predicted octanol–water partition coefficient (Wildman–Crippen LogP) is 1.22. The van der Waals surface area contributed by atoms with Gasteiger partial charge in [-0.05, 0) is 39.7 Å². The van der Waals surface area contributed by atoms with Crippen molar-refractivity contribution in [2.45, 2.75) is 44.7 Å². The van der Waals surface area contributed by atoms with Crippen LogP contribution in [0, 0.1) is 0 Å². The summed E-state index contributed by atoms with van der Waals surface area (Å²) in [6, 6.07) is 0.735. The maximum absolute atomic E-state index is 3.52. The zero-order valence-electron chi connectivity index (χ0n) is 8.27. The molecule has 1 unspecified atom stereocenters. The quantitative estimate of drug-likeness (QED) is 0.633. The van der Waals surface area contributed by atoms with Crippen LogP contribution in [0.2, 0.25) is 0 Å². The lowest BCUT2D eigenvalue weighted by atomic mass is 9.77. The molecule has 12 heavy (non-hydrogen) atoms. The van der Waals surface area contributed by atoms with Crippen LogP contribution in [-0.4, -0.2) is 36.1 Å².